The van der Waals surface area contributed by atoms with Gasteiger partial charge in [-0.2, -0.15) is 0 Å². The van der Waals surface area contributed by atoms with E-state index in [2.05, 4.69) is 4.98 Å². The van der Waals surface area contributed by atoms with Crippen LogP contribution in [0.3, 0.4) is 0 Å². The van der Waals surface area contributed by atoms with Gasteiger partial charge >= 0.3 is 5.97 Å². The van der Waals surface area contributed by atoms with Crippen LogP contribution in [0.5, 0.6) is 0 Å². The minimum absolute atomic E-state index is 0.131. The first-order valence-electron chi connectivity index (χ1n) is 5.27. The Bertz CT molecular complexity index is 471. The number of carbonyl (C=O) groups excluding carboxylic acids is 1. The van der Waals surface area contributed by atoms with Crippen LogP contribution < -0.4 is 0 Å². The van der Waals surface area contributed by atoms with E-state index in [0.29, 0.717) is 11.1 Å². The van der Waals surface area contributed by atoms with Gasteiger partial charge in [-0.1, -0.05) is 0 Å². The van der Waals surface area contributed by atoms with Crippen LogP contribution in [0.1, 0.15) is 15.9 Å². The molecule has 6 heteroatoms. The van der Waals surface area contributed by atoms with Gasteiger partial charge in [-0.3, -0.25) is 9.78 Å². The van der Waals surface area contributed by atoms with Gasteiger partial charge in [-0.05, 0) is 12.1 Å². The van der Waals surface area contributed by atoms with Crippen molar-refractivity contribution in [2.24, 2.45) is 0 Å². The van der Waals surface area contributed by atoms with E-state index in [0.717, 1.165) is 6.08 Å². The number of likely N-dealkylation sites (N-methyl/N-ethyl adjacent to an activating group) is 1. The summed E-state index contributed by atoms with van der Waals surface area (Å²) >= 11 is 0. The highest BCUT2D eigenvalue weighted by Crippen LogP contribution is 2.11. The second-order valence-corrected chi connectivity index (χ2v) is 3.58. The second kappa shape index (κ2) is 6.51. The smallest absolute Gasteiger partial charge is 0.328 e. The average molecular weight is 250 g/mol. The van der Waals surface area contributed by atoms with Crippen LogP contribution in [0.4, 0.5) is 0 Å². The van der Waals surface area contributed by atoms with E-state index in [1.807, 2.05) is 0 Å². The summed E-state index contributed by atoms with van der Waals surface area (Å²) in [6.45, 7) is 0.0802. The molecule has 1 heterocycles. The lowest BCUT2D eigenvalue weighted by Crippen LogP contribution is -2.30. The summed E-state index contributed by atoms with van der Waals surface area (Å²) in [7, 11) is 1.56. The van der Waals surface area contributed by atoms with Crippen LogP contribution in [0.25, 0.3) is 6.08 Å². The molecule has 6 nitrogen and oxygen atoms in total. The molecule has 0 saturated heterocycles. The molecule has 0 unspecified atom stereocenters. The minimum Gasteiger partial charge on any atom is -0.478 e. The Labute approximate surface area is 104 Å². The fraction of sp³-hybridized carbons (Fsp3) is 0.250. The molecule has 1 rings (SSSR count). The predicted molar refractivity (Wildman–Crippen MR) is 65.0 cm³/mol. The van der Waals surface area contributed by atoms with Gasteiger partial charge in [0.25, 0.3) is 5.91 Å². The molecule has 0 saturated carbocycles. The van der Waals surface area contributed by atoms with Crippen molar-refractivity contribution in [3.63, 3.8) is 0 Å². The first-order chi connectivity index (χ1) is 8.56. The Morgan fingerprint density at radius 1 is 1.50 bits per heavy atom. The van der Waals surface area contributed by atoms with Gasteiger partial charge in [0, 0.05) is 43.2 Å². The summed E-state index contributed by atoms with van der Waals surface area (Å²) in [6, 6.07) is 1.51. The first-order valence-corrected chi connectivity index (χ1v) is 5.27. The molecular weight excluding hydrogens is 236 g/mol. The van der Waals surface area contributed by atoms with E-state index in [1.165, 1.54) is 29.4 Å². The molecule has 0 spiro atoms. The topological polar surface area (TPSA) is 90.7 Å². The Hall–Kier alpha value is -2.21. The Morgan fingerprint density at radius 2 is 2.22 bits per heavy atom. The number of rotatable bonds is 5. The standard InChI is InChI=1S/C12H14N2O4/c1-14(6-7-15)12(18)10-4-5-13-8-9(10)2-3-11(16)17/h2-5,8,15H,6-7H2,1H3,(H,16,17). The Balaban J connectivity index is 3.01. The molecule has 18 heavy (non-hydrogen) atoms. The van der Waals surface area contributed by atoms with Crippen molar-refractivity contribution in [1.29, 1.82) is 0 Å². The summed E-state index contributed by atoms with van der Waals surface area (Å²) in [5.41, 5.74) is 0.771. The van der Waals surface area contributed by atoms with Crippen LogP contribution in [0, 0.1) is 0 Å². The van der Waals surface area contributed by atoms with Crippen molar-refractivity contribution in [1.82, 2.24) is 9.88 Å². The van der Waals surface area contributed by atoms with E-state index < -0.39 is 5.97 Å². The number of amides is 1. The van der Waals surface area contributed by atoms with Gasteiger partial charge in [0.2, 0.25) is 0 Å². The fourth-order valence-corrected chi connectivity index (χ4v) is 1.35. The number of aliphatic carboxylic acids is 1. The van der Waals surface area contributed by atoms with Crippen molar-refractivity contribution < 1.29 is 19.8 Å². The number of hydrogen-bond acceptors (Lipinski definition) is 4. The SMILES string of the molecule is CN(CCO)C(=O)c1ccncc1C=CC(=O)O. The average Bonchev–Trinajstić information content (AvgIpc) is 2.36. The zero-order valence-electron chi connectivity index (χ0n) is 9.91. The molecule has 0 aliphatic heterocycles. The third-order valence-electron chi connectivity index (χ3n) is 2.27. The van der Waals surface area contributed by atoms with E-state index in [1.54, 1.807) is 7.05 Å². The number of carboxylic acid groups (broad SMARTS) is 1. The van der Waals surface area contributed by atoms with Crippen molar-refractivity contribution in [2.75, 3.05) is 20.2 Å². The lowest BCUT2D eigenvalue weighted by molar-refractivity contribution is -0.131. The molecule has 2 N–H and O–H groups in total. The number of nitrogens with zero attached hydrogens (tertiary/aromatic N) is 2. The van der Waals surface area contributed by atoms with E-state index in [9.17, 15) is 9.59 Å². The number of carboxylic acids is 1. The van der Waals surface area contributed by atoms with Crippen molar-refractivity contribution >= 4 is 18.0 Å². The monoisotopic (exact) mass is 250 g/mol. The number of aliphatic hydroxyl groups excluding tert-OH is 1. The summed E-state index contributed by atoms with van der Waals surface area (Å²) in [5, 5.41) is 17.3. The predicted octanol–water partition coefficient (Wildman–Crippen LogP) is 0.244. The maximum atomic E-state index is 12.0. The molecule has 1 aromatic heterocycles. The third kappa shape index (κ3) is 3.67. The number of aromatic nitrogens is 1. The summed E-state index contributed by atoms with van der Waals surface area (Å²) < 4.78 is 0. The van der Waals surface area contributed by atoms with Crippen molar-refractivity contribution in [3.05, 3.63) is 35.7 Å². The third-order valence-corrected chi connectivity index (χ3v) is 2.27. The highest BCUT2D eigenvalue weighted by Gasteiger charge is 2.14. The van der Waals surface area contributed by atoms with Gasteiger partial charge in [0.1, 0.15) is 0 Å². The summed E-state index contributed by atoms with van der Waals surface area (Å²) in [6.07, 6.45) is 5.13. The second-order valence-electron chi connectivity index (χ2n) is 3.58. The molecule has 0 fully saturated rings. The molecule has 0 aliphatic rings. The fourth-order valence-electron chi connectivity index (χ4n) is 1.35. The van der Waals surface area contributed by atoms with E-state index in [4.69, 9.17) is 10.2 Å². The number of aliphatic hydroxyl groups is 1. The van der Waals surface area contributed by atoms with Crippen LogP contribution in [0.2, 0.25) is 0 Å². The van der Waals surface area contributed by atoms with Gasteiger partial charge in [-0.15, -0.1) is 0 Å². The highest BCUT2D eigenvalue weighted by molar-refractivity contribution is 5.98. The molecular formula is C12H14N2O4. The lowest BCUT2D eigenvalue weighted by Gasteiger charge is -2.16. The molecule has 0 aromatic carbocycles. The molecule has 0 radical (unpaired) electrons. The largest absolute Gasteiger partial charge is 0.478 e. The van der Waals surface area contributed by atoms with Crippen molar-refractivity contribution in [3.8, 4) is 0 Å². The normalized spacial score (nSPS) is 10.6. The summed E-state index contributed by atoms with van der Waals surface area (Å²) in [4.78, 5) is 27.7. The maximum Gasteiger partial charge on any atom is 0.328 e. The van der Waals surface area contributed by atoms with Crippen LogP contribution in [0.15, 0.2) is 24.5 Å². The molecule has 1 aromatic rings. The van der Waals surface area contributed by atoms with E-state index >= 15 is 0 Å². The number of pyridine rings is 1. The first kappa shape index (κ1) is 13.9. The minimum atomic E-state index is -1.10. The van der Waals surface area contributed by atoms with E-state index in [-0.39, 0.29) is 19.1 Å². The number of carbonyl (C=O) groups is 2. The maximum absolute atomic E-state index is 12.0. The molecule has 96 valence electrons. The molecule has 0 bridgehead atoms. The van der Waals surface area contributed by atoms with Gasteiger partial charge in [0.15, 0.2) is 0 Å². The quantitative estimate of drug-likeness (QED) is 0.731. The van der Waals surface area contributed by atoms with Gasteiger partial charge in [-0.25, -0.2) is 4.79 Å². The Kier molecular flexibility index (Phi) is 5.01. The highest BCUT2D eigenvalue weighted by atomic mass is 16.4. The molecule has 1 amide bonds. The van der Waals surface area contributed by atoms with Crippen LogP contribution in [-0.2, 0) is 4.79 Å². The van der Waals surface area contributed by atoms with Crippen LogP contribution >= 0.6 is 0 Å². The summed E-state index contributed by atoms with van der Waals surface area (Å²) in [5.74, 6) is -1.39. The number of hydrogen-bond donors (Lipinski definition) is 2. The van der Waals surface area contributed by atoms with Crippen molar-refractivity contribution in [2.45, 2.75) is 0 Å². The Morgan fingerprint density at radius 3 is 2.83 bits per heavy atom. The van der Waals surface area contributed by atoms with Gasteiger partial charge < -0.3 is 15.1 Å². The van der Waals surface area contributed by atoms with Gasteiger partial charge in [0.05, 0.1) is 6.61 Å². The zero-order chi connectivity index (χ0) is 13.5. The zero-order valence-corrected chi connectivity index (χ0v) is 9.91. The molecule has 0 aliphatic carbocycles. The lowest BCUT2D eigenvalue weighted by atomic mass is 10.1. The molecule has 0 atom stereocenters. The van der Waals surface area contributed by atoms with Crippen LogP contribution in [-0.4, -0.2) is 52.2 Å².